The van der Waals surface area contributed by atoms with E-state index in [-0.39, 0.29) is 5.82 Å². The minimum Gasteiger partial charge on any atom is -0.393 e. The van der Waals surface area contributed by atoms with Gasteiger partial charge in [-0.1, -0.05) is 0 Å². The number of alkyl halides is 3. The molecule has 0 unspecified atom stereocenters. The van der Waals surface area contributed by atoms with Gasteiger partial charge in [-0.05, 0) is 6.07 Å². The predicted octanol–water partition coefficient (Wildman–Crippen LogP) is -0.313. The first-order valence-corrected chi connectivity index (χ1v) is 5.88. The predicted molar refractivity (Wildman–Crippen MR) is 66.5 cm³/mol. The van der Waals surface area contributed by atoms with Crippen molar-refractivity contribution in [3.8, 4) is 0 Å². The van der Waals surface area contributed by atoms with Gasteiger partial charge in [0.05, 0.1) is 6.61 Å². The van der Waals surface area contributed by atoms with Crippen LogP contribution in [0, 0.1) is 0 Å². The van der Waals surface area contributed by atoms with Crippen LogP contribution in [-0.2, 0) is 4.74 Å². The fraction of sp³-hybridized carbons (Fsp3) is 0.636. The summed E-state index contributed by atoms with van der Waals surface area (Å²) in [6.45, 7) is -1.06. The van der Waals surface area contributed by atoms with Crippen molar-refractivity contribution in [1.29, 1.82) is 0 Å². The molecule has 0 amide bonds. The molecule has 1 aromatic rings. The molecule has 0 aromatic carbocycles. The van der Waals surface area contributed by atoms with Gasteiger partial charge in [0.15, 0.2) is 0 Å². The lowest BCUT2D eigenvalue weighted by atomic mass is 9.92. The summed E-state index contributed by atoms with van der Waals surface area (Å²) in [7, 11) is 0.943. The van der Waals surface area contributed by atoms with Gasteiger partial charge in [-0.2, -0.15) is 4.98 Å². The van der Waals surface area contributed by atoms with Crippen LogP contribution in [0.4, 0.5) is 19.0 Å². The third-order valence-electron chi connectivity index (χ3n) is 3.09. The standard InChI is InChI=1S/C11H16F3N3O4/c1-21-11(5-18,4-6(12)13)8(19)9(14)17-3-2-7(15)16-10(17)20/h2-3,6,8-9,18-19H,4-5H2,1H3,(H2,15,16,20)/t8-,9-,11+/m0/s1. The molecule has 0 radical (unpaired) electrons. The number of methoxy groups -OCH3 is 1. The van der Waals surface area contributed by atoms with E-state index in [1.165, 1.54) is 0 Å². The number of halogens is 3. The average Bonchev–Trinajstić information content (AvgIpc) is 2.43. The molecular formula is C11H16F3N3O4. The van der Waals surface area contributed by atoms with Crippen LogP contribution < -0.4 is 11.4 Å². The maximum Gasteiger partial charge on any atom is 0.351 e. The summed E-state index contributed by atoms with van der Waals surface area (Å²) >= 11 is 0. The number of ether oxygens (including phenoxy) is 1. The first-order valence-electron chi connectivity index (χ1n) is 5.88. The van der Waals surface area contributed by atoms with Crippen LogP contribution in [0.5, 0.6) is 0 Å². The lowest BCUT2D eigenvalue weighted by Gasteiger charge is -2.36. The van der Waals surface area contributed by atoms with Gasteiger partial charge >= 0.3 is 5.69 Å². The summed E-state index contributed by atoms with van der Waals surface area (Å²) in [5.41, 5.74) is 1.87. The van der Waals surface area contributed by atoms with Crippen LogP contribution in [0.25, 0.3) is 0 Å². The number of aromatic nitrogens is 2. The molecule has 0 fully saturated rings. The minimum atomic E-state index is -2.96. The Labute approximate surface area is 117 Å². The molecule has 120 valence electrons. The van der Waals surface area contributed by atoms with Crippen molar-refractivity contribution in [3.63, 3.8) is 0 Å². The van der Waals surface area contributed by atoms with Gasteiger partial charge in [0.25, 0.3) is 0 Å². The van der Waals surface area contributed by atoms with Gasteiger partial charge in [-0.15, -0.1) is 0 Å². The quantitative estimate of drug-likeness (QED) is 0.637. The highest BCUT2D eigenvalue weighted by Crippen LogP contribution is 2.30. The van der Waals surface area contributed by atoms with Gasteiger partial charge in [0, 0.05) is 19.7 Å². The van der Waals surface area contributed by atoms with Gasteiger partial charge in [0.2, 0.25) is 12.7 Å². The molecule has 3 atom stereocenters. The van der Waals surface area contributed by atoms with Crippen molar-refractivity contribution in [2.75, 3.05) is 19.5 Å². The van der Waals surface area contributed by atoms with Crippen LogP contribution in [0.3, 0.4) is 0 Å². The normalized spacial score (nSPS) is 17.5. The molecule has 0 spiro atoms. The van der Waals surface area contributed by atoms with Crippen molar-refractivity contribution in [2.45, 2.75) is 30.8 Å². The molecule has 0 aliphatic rings. The van der Waals surface area contributed by atoms with Crippen molar-refractivity contribution in [1.82, 2.24) is 9.55 Å². The second-order valence-electron chi connectivity index (χ2n) is 4.38. The zero-order chi connectivity index (χ0) is 16.2. The highest BCUT2D eigenvalue weighted by atomic mass is 19.3. The number of aliphatic hydroxyl groups excluding tert-OH is 2. The zero-order valence-corrected chi connectivity index (χ0v) is 11.1. The first-order chi connectivity index (χ1) is 9.77. The van der Waals surface area contributed by atoms with Crippen molar-refractivity contribution in [3.05, 3.63) is 22.7 Å². The molecule has 0 aliphatic heterocycles. The molecule has 1 rings (SSSR count). The first kappa shape index (κ1) is 17.4. The Balaban J connectivity index is 3.13. The lowest BCUT2D eigenvalue weighted by Crippen LogP contribution is -2.53. The fourth-order valence-electron chi connectivity index (χ4n) is 1.83. The summed E-state index contributed by atoms with van der Waals surface area (Å²) in [6, 6.07) is 1.10. The van der Waals surface area contributed by atoms with Gasteiger partial charge in [-0.3, -0.25) is 4.57 Å². The van der Waals surface area contributed by atoms with E-state index in [2.05, 4.69) is 9.72 Å². The Hall–Kier alpha value is -1.65. The fourth-order valence-corrected chi connectivity index (χ4v) is 1.83. The third-order valence-corrected chi connectivity index (χ3v) is 3.09. The average molecular weight is 311 g/mol. The SMILES string of the molecule is CO[C@@](CO)(CC(F)F)[C@@H](O)[C@@H](F)n1ccc(N)nc1=O. The van der Waals surface area contributed by atoms with Crippen LogP contribution >= 0.6 is 0 Å². The topological polar surface area (TPSA) is 111 Å². The second-order valence-corrected chi connectivity index (χ2v) is 4.38. The van der Waals surface area contributed by atoms with E-state index in [0.29, 0.717) is 4.57 Å². The summed E-state index contributed by atoms with van der Waals surface area (Å²) in [6.07, 6.45) is -7.82. The summed E-state index contributed by atoms with van der Waals surface area (Å²) in [4.78, 5) is 14.7. The molecule has 1 aromatic heterocycles. The van der Waals surface area contributed by atoms with E-state index in [9.17, 15) is 28.2 Å². The van der Waals surface area contributed by atoms with Crippen molar-refractivity contribution < 1.29 is 28.1 Å². The highest BCUT2D eigenvalue weighted by molar-refractivity contribution is 5.23. The van der Waals surface area contributed by atoms with E-state index in [0.717, 1.165) is 19.4 Å². The van der Waals surface area contributed by atoms with Crippen LogP contribution in [0.2, 0.25) is 0 Å². The van der Waals surface area contributed by atoms with Gasteiger partial charge in [0.1, 0.15) is 17.5 Å². The molecule has 21 heavy (non-hydrogen) atoms. The maximum atomic E-state index is 14.2. The molecular weight excluding hydrogens is 295 g/mol. The summed E-state index contributed by atoms with van der Waals surface area (Å²) < 4.78 is 44.4. The molecule has 0 saturated carbocycles. The number of nitrogens with zero attached hydrogens (tertiary/aromatic N) is 2. The molecule has 10 heteroatoms. The number of nitrogens with two attached hydrogens (primary N) is 1. The second kappa shape index (κ2) is 6.87. The molecule has 1 heterocycles. The number of nitrogen functional groups attached to an aromatic ring is 1. The summed E-state index contributed by atoms with van der Waals surface area (Å²) in [5, 5.41) is 19.1. The maximum absolute atomic E-state index is 14.2. The number of hydrogen-bond acceptors (Lipinski definition) is 6. The van der Waals surface area contributed by atoms with E-state index in [4.69, 9.17) is 5.73 Å². The smallest absolute Gasteiger partial charge is 0.351 e. The van der Waals surface area contributed by atoms with Crippen LogP contribution in [0.1, 0.15) is 12.7 Å². The number of aliphatic hydroxyl groups is 2. The van der Waals surface area contributed by atoms with Crippen molar-refractivity contribution >= 4 is 5.82 Å². The third kappa shape index (κ3) is 3.71. The Kier molecular flexibility index (Phi) is 5.70. The van der Waals surface area contributed by atoms with Crippen LogP contribution in [-0.4, -0.2) is 51.6 Å². The monoisotopic (exact) mass is 311 g/mol. The minimum absolute atomic E-state index is 0.161. The Morgan fingerprint density at radius 2 is 2.14 bits per heavy atom. The number of anilines is 1. The number of rotatable bonds is 7. The number of hydrogen-bond donors (Lipinski definition) is 3. The Bertz CT molecular complexity index is 522. The van der Waals surface area contributed by atoms with E-state index < -0.39 is 43.1 Å². The Morgan fingerprint density at radius 1 is 1.52 bits per heavy atom. The van der Waals surface area contributed by atoms with Gasteiger partial charge in [-0.25, -0.2) is 18.0 Å². The van der Waals surface area contributed by atoms with E-state index in [1.54, 1.807) is 0 Å². The zero-order valence-electron chi connectivity index (χ0n) is 11.1. The largest absolute Gasteiger partial charge is 0.393 e. The molecule has 0 saturated heterocycles. The van der Waals surface area contributed by atoms with E-state index >= 15 is 0 Å². The summed E-state index contributed by atoms with van der Waals surface area (Å²) in [5.74, 6) is -0.161. The lowest BCUT2D eigenvalue weighted by molar-refractivity contribution is -0.181. The van der Waals surface area contributed by atoms with Gasteiger partial charge < -0.3 is 20.7 Å². The molecule has 0 aliphatic carbocycles. The highest BCUT2D eigenvalue weighted by Gasteiger charge is 2.45. The molecule has 7 nitrogen and oxygen atoms in total. The Morgan fingerprint density at radius 3 is 2.57 bits per heavy atom. The molecule has 0 bridgehead atoms. The molecule has 4 N–H and O–H groups in total. The van der Waals surface area contributed by atoms with Crippen LogP contribution in [0.15, 0.2) is 17.1 Å². The van der Waals surface area contributed by atoms with Crippen molar-refractivity contribution in [2.24, 2.45) is 0 Å². The van der Waals surface area contributed by atoms with E-state index in [1.807, 2.05) is 0 Å².